The molecule has 9 nitrogen and oxygen atoms in total. The lowest BCUT2D eigenvalue weighted by Gasteiger charge is -2.32. The van der Waals surface area contributed by atoms with Crippen molar-refractivity contribution in [3.05, 3.63) is 70.6 Å². The number of aromatic nitrogens is 3. The van der Waals surface area contributed by atoms with Gasteiger partial charge in [0.2, 0.25) is 11.9 Å². The van der Waals surface area contributed by atoms with Crippen molar-refractivity contribution < 1.29 is 9.18 Å². The quantitative estimate of drug-likeness (QED) is 0.521. The standard InChI is InChI=1S/C29H35FN8O/c1-17(2)26(32-3)20-14-18(7-9-22(20)31)27-21(30)15-33-29(36-27)35-25-10-8-19-16-38(13-11-23(19)34-25)28(39)24-6-5-12-37(24)4/h7-10,14-15,17,24,31-32H,5-6,11-13,16H2,1-4H3,(H,33,34,35,36)/b26-20-,31-22?. The minimum atomic E-state index is -0.546. The highest BCUT2D eigenvalue weighted by Gasteiger charge is 2.33. The van der Waals surface area contributed by atoms with E-state index in [9.17, 15) is 9.18 Å². The van der Waals surface area contributed by atoms with Crippen molar-refractivity contribution in [2.24, 2.45) is 5.92 Å². The van der Waals surface area contributed by atoms with Gasteiger partial charge in [0.25, 0.3) is 0 Å². The van der Waals surface area contributed by atoms with E-state index in [-0.39, 0.29) is 29.5 Å². The smallest absolute Gasteiger partial charge is 0.240 e. The van der Waals surface area contributed by atoms with Crippen LogP contribution in [0.15, 0.2) is 47.8 Å². The average Bonchev–Trinajstić information content (AvgIpc) is 3.36. The van der Waals surface area contributed by atoms with E-state index in [1.165, 1.54) is 0 Å². The number of hydrogen-bond donors (Lipinski definition) is 3. The Hall–Kier alpha value is -3.92. The van der Waals surface area contributed by atoms with Gasteiger partial charge in [-0.1, -0.05) is 26.0 Å². The number of carbonyl (C=O) groups is 1. The maximum atomic E-state index is 14.9. The van der Waals surface area contributed by atoms with E-state index < -0.39 is 5.82 Å². The summed E-state index contributed by atoms with van der Waals surface area (Å²) in [4.78, 5) is 30.4. The molecule has 1 aliphatic carbocycles. The van der Waals surface area contributed by atoms with Crippen LogP contribution in [0.1, 0.15) is 43.6 Å². The van der Waals surface area contributed by atoms with E-state index in [1.54, 1.807) is 18.2 Å². The van der Waals surface area contributed by atoms with Gasteiger partial charge in [-0.25, -0.2) is 19.3 Å². The van der Waals surface area contributed by atoms with Crippen molar-refractivity contribution in [1.82, 2.24) is 30.1 Å². The van der Waals surface area contributed by atoms with Crippen LogP contribution in [-0.4, -0.2) is 69.6 Å². The normalized spacial score (nSPS) is 20.7. The van der Waals surface area contributed by atoms with E-state index in [0.29, 0.717) is 42.2 Å². The third kappa shape index (κ3) is 5.47. The number of allylic oxidation sites excluding steroid dienone is 6. The number of rotatable bonds is 6. The zero-order valence-corrected chi connectivity index (χ0v) is 22.9. The van der Waals surface area contributed by atoms with Crippen LogP contribution in [0.25, 0.3) is 5.57 Å². The zero-order chi connectivity index (χ0) is 27.7. The molecule has 0 radical (unpaired) electrons. The number of pyridine rings is 1. The summed E-state index contributed by atoms with van der Waals surface area (Å²) in [5, 5.41) is 14.6. The summed E-state index contributed by atoms with van der Waals surface area (Å²) in [6, 6.07) is 3.80. The monoisotopic (exact) mass is 530 g/mol. The maximum absolute atomic E-state index is 14.9. The molecule has 5 rings (SSSR count). The molecule has 0 aromatic carbocycles. The number of halogens is 1. The first-order chi connectivity index (χ1) is 18.7. The summed E-state index contributed by atoms with van der Waals surface area (Å²) in [5.74, 6) is 0.620. The zero-order valence-electron chi connectivity index (χ0n) is 22.9. The van der Waals surface area contributed by atoms with Gasteiger partial charge in [0.1, 0.15) is 11.5 Å². The first kappa shape index (κ1) is 26.7. The highest BCUT2D eigenvalue weighted by Crippen LogP contribution is 2.28. The molecule has 1 saturated heterocycles. The van der Waals surface area contributed by atoms with Crippen molar-refractivity contribution in [1.29, 1.82) is 5.41 Å². The van der Waals surface area contributed by atoms with Crippen molar-refractivity contribution in [2.45, 2.75) is 45.7 Å². The summed E-state index contributed by atoms with van der Waals surface area (Å²) < 4.78 is 14.9. The Bertz CT molecular complexity index is 1400. The molecule has 1 atom stereocenters. The molecular weight excluding hydrogens is 495 g/mol. The lowest BCUT2D eigenvalue weighted by Crippen LogP contribution is -2.46. The molecule has 2 aliphatic heterocycles. The lowest BCUT2D eigenvalue weighted by molar-refractivity contribution is -0.136. The maximum Gasteiger partial charge on any atom is 0.240 e. The second-order valence-electron chi connectivity index (χ2n) is 10.5. The van der Waals surface area contributed by atoms with Gasteiger partial charge >= 0.3 is 0 Å². The number of likely N-dealkylation sites (tertiary alicyclic amines) is 1. The van der Waals surface area contributed by atoms with Gasteiger partial charge < -0.3 is 20.9 Å². The number of carbonyl (C=O) groups excluding carboxylic acids is 1. The van der Waals surface area contributed by atoms with Crippen LogP contribution in [0, 0.1) is 17.1 Å². The molecular formula is C29H35FN8O. The third-order valence-corrected chi connectivity index (χ3v) is 7.58. The van der Waals surface area contributed by atoms with Crippen LogP contribution in [0.5, 0.6) is 0 Å². The molecule has 204 valence electrons. The highest BCUT2D eigenvalue weighted by molar-refractivity contribution is 6.13. The van der Waals surface area contributed by atoms with Gasteiger partial charge in [-0.3, -0.25) is 9.69 Å². The molecule has 1 unspecified atom stereocenters. The number of anilines is 2. The molecule has 0 bridgehead atoms. The SMILES string of the molecule is CN/C(=C1/C=C(c2nc(Nc3ccc4c(n3)CCN(C(=O)C3CCCN3C)C4)ncc2F)C=CC1=N)C(C)C. The van der Waals surface area contributed by atoms with Crippen LogP contribution >= 0.6 is 0 Å². The Morgan fingerprint density at radius 1 is 1.21 bits per heavy atom. The second-order valence-corrected chi connectivity index (χ2v) is 10.5. The van der Waals surface area contributed by atoms with Gasteiger partial charge in [-0.05, 0) is 56.1 Å². The molecule has 2 aromatic rings. The van der Waals surface area contributed by atoms with E-state index in [4.69, 9.17) is 10.4 Å². The molecule has 0 saturated carbocycles. The summed E-state index contributed by atoms with van der Waals surface area (Å²) >= 11 is 0. The Balaban J connectivity index is 1.34. The molecule has 1 amide bonds. The number of amides is 1. The third-order valence-electron chi connectivity index (χ3n) is 7.58. The van der Waals surface area contributed by atoms with Crippen molar-refractivity contribution in [3.8, 4) is 0 Å². The fourth-order valence-electron chi connectivity index (χ4n) is 5.50. The molecule has 1 fully saturated rings. The molecule has 2 aromatic heterocycles. The molecule has 0 spiro atoms. The fraction of sp³-hybridized carbons (Fsp3) is 0.414. The number of hydrogen-bond acceptors (Lipinski definition) is 8. The van der Waals surface area contributed by atoms with Gasteiger partial charge in [0.15, 0.2) is 5.82 Å². The van der Waals surface area contributed by atoms with Crippen LogP contribution in [0.3, 0.4) is 0 Å². The summed E-state index contributed by atoms with van der Waals surface area (Å²) in [5.41, 5.74) is 4.66. The van der Waals surface area contributed by atoms with E-state index >= 15 is 0 Å². The molecule has 4 heterocycles. The summed E-state index contributed by atoms with van der Waals surface area (Å²) in [6.07, 6.45) is 8.94. The minimum absolute atomic E-state index is 0.0215. The predicted octanol–water partition coefficient (Wildman–Crippen LogP) is 3.84. The van der Waals surface area contributed by atoms with Gasteiger partial charge in [0.05, 0.1) is 18.0 Å². The van der Waals surface area contributed by atoms with Gasteiger partial charge in [-0.15, -0.1) is 0 Å². The second kappa shape index (κ2) is 11.1. The summed E-state index contributed by atoms with van der Waals surface area (Å²) in [6.45, 7) is 6.25. The average molecular weight is 531 g/mol. The highest BCUT2D eigenvalue weighted by atomic mass is 19.1. The fourth-order valence-corrected chi connectivity index (χ4v) is 5.50. The first-order valence-corrected chi connectivity index (χ1v) is 13.4. The van der Waals surface area contributed by atoms with E-state index in [0.717, 1.165) is 42.5 Å². The molecule has 3 N–H and O–H groups in total. The lowest BCUT2D eigenvalue weighted by atomic mass is 9.93. The van der Waals surface area contributed by atoms with Crippen LogP contribution in [-0.2, 0) is 17.8 Å². The largest absolute Gasteiger partial charge is 0.391 e. The number of nitrogens with zero attached hydrogens (tertiary/aromatic N) is 5. The Kier molecular flexibility index (Phi) is 7.56. The van der Waals surface area contributed by atoms with Crippen molar-refractivity contribution in [3.63, 3.8) is 0 Å². The Morgan fingerprint density at radius 2 is 2.03 bits per heavy atom. The topological polar surface area (TPSA) is 110 Å². The minimum Gasteiger partial charge on any atom is -0.391 e. The summed E-state index contributed by atoms with van der Waals surface area (Å²) in [7, 11) is 3.84. The molecule has 10 heteroatoms. The van der Waals surface area contributed by atoms with Gasteiger partial charge in [0, 0.05) is 49.1 Å². The van der Waals surface area contributed by atoms with E-state index in [1.807, 2.05) is 45.0 Å². The van der Waals surface area contributed by atoms with Crippen LogP contribution in [0.2, 0.25) is 0 Å². The number of likely N-dealkylation sites (N-methyl/N-ethyl adjacent to an activating group) is 1. The number of fused-ring (bicyclic) bond motifs is 1. The number of nitrogens with one attached hydrogen (secondary N) is 3. The van der Waals surface area contributed by atoms with Gasteiger partial charge in [-0.2, -0.15) is 0 Å². The predicted molar refractivity (Wildman–Crippen MR) is 150 cm³/mol. The van der Waals surface area contributed by atoms with Crippen molar-refractivity contribution in [2.75, 3.05) is 32.5 Å². The Labute approximate surface area is 228 Å². The van der Waals surface area contributed by atoms with Crippen LogP contribution in [0.4, 0.5) is 16.2 Å². The first-order valence-electron chi connectivity index (χ1n) is 13.4. The van der Waals surface area contributed by atoms with Crippen LogP contribution < -0.4 is 10.6 Å². The van der Waals surface area contributed by atoms with Crippen molar-refractivity contribution >= 4 is 29.0 Å². The molecule has 39 heavy (non-hydrogen) atoms. The van der Waals surface area contributed by atoms with E-state index in [2.05, 4.69) is 25.5 Å². The molecule has 3 aliphatic rings. The Morgan fingerprint density at radius 3 is 2.74 bits per heavy atom.